The Labute approximate surface area is 217 Å². The van der Waals surface area contributed by atoms with Gasteiger partial charge in [-0.25, -0.2) is 0 Å². The number of hydrogen-bond acceptors (Lipinski definition) is 5. The van der Waals surface area contributed by atoms with Crippen LogP contribution >= 0.6 is 0 Å². The van der Waals surface area contributed by atoms with E-state index >= 15 is 0 Å². The van der Waals surface area contributed by atoms with Crippen LogP contribution in [0.25, 0.3) is 11.3 Å². The number of benzene rings is 2. The van der Waals surface area contributed by atoms with Crippen molar-refractivity contribution in [3.05, 3.63) is 60.3 Å². The molecule has 2 heterocycles. The molecule has 0 N–H and O–H groups in total. The minimum Gasteiger partial charge on any atom is -0.497 e. The number of methoxy groups -OCH3 is 2. The number of hydrogen-bond donors (Lipinski definition) is 0. The molecular weight excluding hydrogens is 468 g/mol. The molecule has 8 nitrogen and oxygen atoms in total. The molecule has 2 fully saturated rings. The fourth-order valence-electron chi connectivity index (χ4n) is 5.37. The van der Waals surface area contributed by atoms with E-state index in [1.807, 2.05) is 53.2 Å². The van der Waals surface area contributed by atoms with Crippen LogP contribution in [0.15, 0.2) is 54.6 Å². The molecule has 1 saturated carbocycles. The van der Waals surface area contributed by atoms with Crippen LogP contribution in [0.4, 0.5) is 5.69 Å². The Bertz CT molecular complexity index is 1260. The van der Waals surface area contributed by atoms with Crippen molar-refractivity contribution in [2.45, 2.75) is 44.6 Å². The monoisotopic (exact) mass is 502 g/mol. The molecule has 37 heavy (non-hydrogen) atoms. The Balaban J connectivity index is 1.33. The van der Waals surface area contributed by atoms with Crippen molar-refractivity contribution in [2.24, 2.45) is 0 Å². The highest BCUT2D eigenvalue weighted by Gasteiger charge is 2.30. The minimum atomic E-state index is -0.0992. The van der Waals surface area contributed by atoms with Crippen LogP contribution in [0.2, 0.25) is 0 Å². The third-order valence-electron chi connectivity index (χ3n) is 7.42. The molecule has 5 rings (SSSR count). The van der Waals surface area contributed by atoms with Crippen molar-refractivity contribution in [3.63, 3.8) is 0 Å². The predicted octanol–water partition coefficient (Wildman–Crippen LogP) is 4.49. The van der Waals surface area contributed by atoms with Crippen LogP contribution in [0, 0.1) is 0 Å². The van der Waals surface area contributed by atoms with E-state index in [4.69, 9.17) is 14.6 Å². The summed E-state index contributed by atoms with van der Waals surface area (Å²) in [6.45, 7) is 1.10. The number of piperazine rings is 1. The second-order valence-electron chi connectivity index (χ2n) is 9.74. The molecular formula is C29H34N4O4. The smallest absolute Gasteiger partial charge is 0.246 e. The van der Waals surface area contributed by atoms with Gasteiger partial charge in [-0.15, -0.1) is 0 Å². The van der Waals surface area contributed by atoms with Gasteiger partial charge in [0.2, 0.25) is 11.8 Å². The van der Waals surface area contributed by atoms with E-state index in [1.165, 1.54) is 19.3 Å². The van der Waals surface area contributed by atoms with Crippen LogP contribution in [0.1, 0.15) is 43.7 Å². The maximum atomic E-state index is 13.4. The maximum absolute atomic E-state index is 13.4. The summed E-state index contributed by atoms with van der Waals surface area (Å²) < 4.78 is 12.6. The number of carbonyl (C=O) groups excluding carboxylic acids is 2. The normalized spacial score (nSPS) is 16.6. The molecule has 0 unspecified atom stereocenters. The largest absolute Gasteiger partial charge is 0.497 e. The molecule has 3 aromatic rings. The molecule has 1 aromatic heterocycles. The highest BCUT2D eigenvalue weighted by Crippen LogP contribution is 2.35. The lowest BCUT2D eigenvalue weighted by Gasteiger charge is -2.34. The maximum Gasteiger partial charge on any atom is 0.246 e. The molecule has 194 valence electrons. The molecule has 0 radical (unpaired) electrons. The quantitative estimate of drug-likeness (QED) is 0.476. The number of ether oxygens (including phenoxy) is 2. The number of carbonyl (C=O) groups is 2. The van der Waals surface area contributed by atoms with Gasteiger partial charge >= 0.3 is 0 Å². The van der Waals surface area contributed by atoms with Gasteiger partial charge in [0.05, 0.1) is 19.9 Å². The van der Waals surface area contributed by atoms with Gasteiger partial charge in [-0.1, -0.05) is 37.5 Å². The van der Waals surface area contributed by atoms with Crippen LogP contribution < -0.4 is 14.4 Å². The second kappa shape index (κ2) is 11.1. The van der Waals surface area contributed by atoms with E-state index in [0.717, 1.165) is 41.2 Å². The van der Waals surface area contributed by atoms with Crippen molar-refractivity contribution in [2.75, 3.05) is 38.8 Å². The van der Waals surface area contributed by atoms with Gasteiger partial charge < -0.3 is 19.3 Å². The van der Waals surface area contributed by atoms with Crippen molar-refractivity contribution < 1.29 is 19.1 Å². The summed E-state index contributed by atoms with van der Waals surface area (Å²) >= 11 is 0. The number of anilines is 1. The summed E-state index contributed by atoms with van der Waals surface area (Å²) in [5.74, 6) is 1.67. The third-order valence-corrected chi connectivity index (χ3v) is 7.42. The predicted molar refractivity (Wildman–Crippen MR) is 142 cm³/mol. The molecule has 2 amide bonds. The van der Waals surface area contributed by atoms with E-state index in [2.05, 4.69) is 6.07 Å². The standard InChI is InChI=1S/C29H34N4O4/c1-36-24-12-6-10-22(16-24)26-18-27(21-8-4-3-5-9-21)33(30-26)20-28(34)31-14-15-32(29(35)19-31)23-11-7-13-25(17-23)37-2/h6-7,10-13,16-18,21H,3-5,8-9,14-15,19-20H2,1-2H3. The molecule has 2 aromatic carbocycles. The SMILES string of the molecule is COc1cccc(-c2cc(C3CCCCC3)n(CC(=O)N3CCN(c4cccc(OC)c4)C(=O)C3)n2)c1. The second-order valence-corrected chi connectivity index (χ2v) is 9.74. The number of rotatable bonds is 7. The fraction of sp³-hybridized carbons (Fsp3) is 0.414. The molecule has 0 bridgehead atoms. The van der Waals surface area contributed by atoms with Gasteiger partial charge in [0.1, 0.15) is 24.6 Å². The Morgan fingerprint density at radius 1 is 0.946 bits per heavy atom. The first-order chi connectivity index (χ1) is 18.1. The molecule has 1 aliphatic carbocycles. The summed E-state index contributed by atoms with van der Waals surface area (Å²) in [5, 5.41) is 4.87. The van der Waals surface area contributed by atoms with Gasteiger partial charge in [0, 0.05) is 42.0 Å². The topological polar surface area (TPSA) is 76.9 Å². The highest BCUT2D eigenvalue weighted by atomic mass is 16.5. The summed E-state index contributed by atoms with van der Waals surface area (Å²) in [6, 6.07) is 17.4. The van der Waals surface area contributed by atoms with Gasteiger partial charge in [-0.3, -0.25) is 14.3 Å². The van der Waals surface area contributed by atoms with E-state index in [-0.39, 0.29) is 24.9 Å². The van der Waals surface area contributed by atoms with Gasteiger partial charge in [0.15, 0.2) is 0 Å². The van der Waals surface area contributed by atoms with Crippen LogP contribution in [0.5, 0.6) is 11.5 Å². The van der Waals surface area contributed by atoms with Crippen molar-refractivity contribution >= 4 is 17.5 Å². The molecule has 1 saturated heterocycles. The van der Waals surface area contributed by atoms with E-state index < -0.39 is 0 Å². The molecule has 2 aliphatic rings. The lowest BCUT2D eigenvalue weighted by Crippen LogP contribution is -2.53. The first-order valence-electron chi connectivity index (χ1n) is 13.0. The highest BCUT2D eigenvalue weighted by molar-refractivity contribution is 5.98. The Morgan fingerprint density at radius 2 is 1.68 bits per heavy atom. The average molecular weight is 503 g/mol. The Morgan fingerprint density at radius 3 is 2.41 bits per heavy atom. The van der Waals surface area contributed by atoms with Crippen LogP contribution in [0.3, 0.4) is 0 Å². The van der Waals surface area contributed by atoms with Gasteiger partial charge in [-0.05, 0) is 43.2 Å². The van der Waals surface area contributed by atoms with E-state index in [0.29, 0.717) is 24.8 Å². The average Bonchev–Trinajstić information content (AvgIpc) is 3.37. The van der Waals surface area contributed by atoms with Crippen molar-refractivity contribution in [1.29, 1.82) is 0 Å². The van der Waals surface area contributed by atoms with Gasteiger partial charge in [-0.2, -0.15) is 5.10 Å². The first kappa shape index (κ1) is 24.9. The zero-order chi connectivity index (χ0) is 25.8. The summed E-state index contributed by atoms with van der Waals surface area (Å²) in [5.41, 5.74) is 3.69. The number of amides is 2. The molecule has 0 spiro atoms. The summed E-state index contributed by atoms with van der Waals surface area (Å²) in [4.78, 5) is 29.7. The minimum absolute atomic E-state index is 0.0544. The number of aromatic nitrogens is 2. The zero-order valence-corrected chi connectivity index (χ0v) is 21.6. The molecule has 1 aliphatic heterocycles. The fourth-order valence-corrected chi connectivity index (χ4v) is 5.37. The van der Waals surface area contributed by atoms with Crippen LogP contribution in [-0.2, 0) is 16.1 Å². The number of nitrogens with zero attached hydrogens (tertiary/aromatic N) is 4. The zero-order valence-electron chi connectivity index (χ0n) is 21.6. The lowest BCUT2D eigenvalue weighted by molar-refractivity contribution is -0.137. The van der Waals surface area contributed by atoms with E-state index in [1.54, 1.807) is 24.0 Å². The lowest BCUT2D eigenvalue weighted by atomic mass is 9.86. The van der Waals surface area contributed by atoms with Crippen molar-refractivity contribution in [1.82, 2.24) is 14.7 Å². The Kier molecular flexibility index (Phi) is 7.44. The van der Waals surface area contributed by atoms with Crippen LogP contribution in [-0.4, -0.2) is 60.3 Å². The van der Waals surface area contributed by atoms with E-state index in [9.17, 15) is 9.59 Å². The Hall–Kier alpha value is -3.81. The summed E-state index contributed by atoms with van der Waals surface area (Å²) in [6.07, 6.45) is 5.86. The van der Waals surface area contributed by atoms with Crippen molar-refractivity contribution in [3.8, 4) is 22.8 Å². The molecule has 8 heteroatoms. The van der Waals surface area contributed by atoms with Gasteiger partial charge in [0.25, 0.3) is 0 Å². The molecule has 0 atom stereocenters. The summed E-state index contributed by atoms with van der Waals surface area (Å²) in [7, 11) is 3.26. The third kappa shape index (κ3) is 5.48. The first-order valence-corrected chi connectivity index (χ1v) is 13.0.